The Morgan fingerprint density at radius 2 is 1.95 bits per heavy atom. The zero-order valence-corrected chi connectivity index (χ0v) is 24.3. The van der Waals surface area contributed by atoms with Crippen molar-refractivity contribution in [2.24, 2.45) is 4.99 Å². The van der Waals surface area contributed by atoms with Crippen LogP contribution in [0.5, 0.6) is 0 Å². The van der Waals surface area contributed by atoms with E-state index in [2.05, 4.69) is 41.8 Å². The number of hydrogen-bond donors (Lipinski definition) is 2. The molecule has 1 aliphatic heterocycles. The number of nitrogen functional groups attached to an aromatic ring is 1. The van der Waals surface area contributed by atoms with Gasteiger partial charge in [0, 0.05) is 68.5 Å². The maximum Gasteiger partial charge on any atom is 0.256 e. The minimum absolute atomic E-state index is 0.0341. The zero-order chi connectivity index (χ0) is 29.9. The van der Waals surface area contributed by atoms with E-state index in [0.717, 1.165) is 40.7 Å². The molecular formula is C32H35N9O2. The van der Waals surface area contributed by atoms with Crippen LogP contribution in [0, 0.1) is 0 Å². The SMILES string of the molecule is C/N=C\c1ccnc(NC(=O)c2ccc(-c3cn([C@@H]4CCN(C(=O)/C=C/CN(C)C5CC5)C4)c4ncnc(N)c34)cc2)c1. The first-order chi connectivity index (χ1) is 20.9. The summed E-state index contributed by atoms with van der Waals surface area (Å²) in [6.45, 7) is 2.05. The number of fused-ring (bicyclic) bond motifs is 1. The smallest absolute Gasteiger partial charge is 0.256 e. The van der Waals surface area contributed by atoms with E-state index in [0.29, 0.717) is 36.3 Å². The highest BCUT2D eigenvalue weighted by Crippen LogP contribution is 2.36. The van der Waals surface area contributed by atoms with E-state index in [1.165, 1.54) is 19.2 Å². The summed E-state index contributed by atoms with van der Waals surface area (Å²) in [5.74, 6) is 0.603. The van der Waals surface area contributed by atoms with Crippen LogP contribution < -0.4 is 11.1 Å². The van der Waals surface area contributed by atoms with Crippen molar-refractivity contribution >= 4 is 40.7 Å². The number of amides is 2. The van der Waals surface area contributed by atoms with Crippen molar-refractivity contribution in [3.05, 3.63) is 78.4 Å². The van der Waals surface area contributed by atoms with Gasteiger partial charge >= 0.3 is 0 Å². The molecule has 0 radical (unpaired) electrons. The molecule has 11 nitrogen and oxygen atoms in total. The van der Waals surface area contributed by atoms with Crippen LogP contribution in [0.1, 0.15) is 41.2 Å². The van der Waals surface area contributed by atoms with Gasteiger partial charge in [-0.1, -0.05) is 18.2 Å². The van der Waals surface area contributed by atoms with Crippen molar-refractivity contribution in [1.82, 2.24) is 29.3 Å². The van der Waals surface area contributed by atoms with Crippen LogP contribution in [0.25, 0.3) is 22.2 Å². The van der Waals surface area contributed by atoms with Gasteiger partial charge in [0.2, 0.25) is 5.91 Å². The largest absolute Gasteiger partial charge is 0.383 e. The van der Waals surface area contributed by atoms with Gasteiger partial charge in [-0.05, 0) is 61.7 Å². The van der Waals surface area contributed by atoms with Gasteiger partial charge in [0.15, 0.2) is 0 Å². The summed E-state index contributed by atoms with van der Waals surface area (Å²) in [6.07, 6.45) is 13.8. The Labute approximate surface area is 250 Å². The van der Waals surface area contributed by atoms with Crippen molar-refractivity contribution in [3.63, 3.8) is 0 Å². The summed E-state index contributed by atoms with van der Waals surface area (Å²) >= 11 is 0. The van der Waals surface area contributed by atoms with E-state index in [9.17, 15) is 9.59 Å². The van der Waals surface area contributed by atoms with Gasteiger partial charge in [-0.3, -0.25) is 19.5 Å². The maximum atomic E-state index is 12.9. The van der Waals surface area contributed by atoms with Crippen LogP contribution in [-0.4, -0.2) is 87.1 Å². The second-order valence-corrected chi connectivity index (χ2v) is 11.1. The number of rotatable bonds is 9. The number of pyridine rings is 1. The normalized spacial score (nSPS) is 17.1. The predicted octanol–water partition coefficient (Wildman–Crippen LogP) is 3.80. The molecule has 3 aromatic heterocycles. The van der Waals surface area contributed by atoms with E-state index < -0.39 is 0 Å². The third kappa shape index (κ3) is 6.17. The number of likely N-dealkylation sites (N-methyl/N-ethyl adjacent to an activating group) is 1. The van der Waals surface area contributed by atoms with Crippen molar-refractivity contribution < 1.29 is 9.59 Å². The zero-order valence-electron chi connectivity index (χ0n) is 24.3. The molecule has 11 heteroatoms. The number of nitrogens with one attached hydrogen (secondary N) is 1. The molecule has 1 saturated carbocycles. The molecule has 4 heterocycles. The fraction of sp³-hybridized carbons (Fsp3) is 0.312. The number of likely N-dealkylation sites (tertiary alicyclic amines) is 1. The Morgan fingerprint density at radius 1 is 1.14 bits per heavy atom. The summed E-state index contributed by atoms with van der Waals surface area (Å²) in [5.41, 5.74) is 10.2. The van der Waals surface area contributed by atoms with Crippen LogP contribution in [0.2, 0.25) is 0 Å². The average molecular weight is 578 g/mol. The quantitative estimate of drug-likeness (QED) is 0.228. The molecule has 6 rings (SSSR count). The second kappa shape index (κ2) is 12.1. The molecular weight excluding hydrogens is 542 g/mol. The number of carbonyl (C=O) groups is 2. The summed E-state index contributed by atoms with van der Waals surface area (Å²) in [7, 11) is 3.79. The number of nitrogens with two attached hydrogens (primary N) is 1. The van der Waals surface area contributed by atoms with Gasteiger partial charge in [0.1, 0.15) is 23.6 Å². The number of carbonyl (C=O) groups excluding carboxylic acids is 2. The molecule has 1 aromatic carbocycles. The standard InChI is InChI=1S/C32H35N9O2/c1-34-17-21-11-13-35-27(16-21)38-32(43)23-7-5-22(6-8-23)26-19-41(31-29(26)30(33)36-20-37-31)25-12-15-40(18-25)28(42)4-3-14-39(2)24-9-10-24/h3-8,11,13,16-17,19-20,24-25H,9-10,12,14-15,18H2,1-2H3,(H2,33,36,37)(H,35,38,43)/b4-3+,34-17-/t25-/m1/s1. The average Bonchev–Trinajstić information content (AvgIpc) is 3.62. The van der Waals surface area contributed by atoms with E-state index in [1.54, 1.807) is 43.7 Å². The summed E-state index contributed by atoms with van der Waals surface area (Å²) in [6, 6.07) is 11.6. The summed E-state index contributed by atoms with van der Waals surface area (Å²) < 4.78 is 2.11. The van der Waals surface area contributed by atoms with Gasteiger partial charge < -0.3 is 20.5 Å². The molecule has 2 fully saturated rings. The van der Waals surface area contributed by atoms with Crippen LogP contribution in [0.3, 0.4) is 0 Å². The molecule has 43 heavy (non-hydrogen) atoms. The van der Waals surface area contributed by atoms with Crippen LogP contribution >= 0.6 is 0 Å². The van der Waals surface area contributed by atoms with E-state index in [-0.39, 0.29) is 17.9 Å². The highest BCUT2D eigenvalue weighted by atomic mass is 16.2. The highest BCUT2D eigenvalue weighted by Gasteiger charge is 2.29. The molecule has 220 valence electrons. The van der Waals surface area contributed by atoms with Crippen molar-refractivity contribution in [1.29, 1.82) is 0 Å². The van der Waals surface area contributed by atoms with Gasteiger partial charge in [0.25, 0.3) is 5.91 Å². The molecule has 0 unspecified atom stereocenters. The third-order valence-corrected chi connectivity index (χ3v) is 8.09. The van der Waals surface area contributed by atoms with Crippen LogP contribution in [0.15, 0.2) is 72.3 Å². The molecule has 1 aliphatic carbocycles. The number of aromatic nitrogens is 4. The van der Waals surface area contributed by atoms with Gasteiger partial charge in [-0.25, -0.2) is 15.0 Å². The minimum atomic E-state index is -0.265. The van der Waals surface area contributed by atoms with Crippen LogP contribution in [-0.2, 0) is 4.79 Å². The summed E-state index contributed by atoms with van der Waals surface area (Å²) in [4.78, 5) is 47.1. The van der Waals surface area contributed by atoms with E-state index in [1.807, 2.05) is 35.4 Å². The molecule has 2 amide bonds. The summed E-state index contributed by atoms with van der Waals surface area (Å²) in [5, 5.41) is 3.60. The number of benzene rings is 1. The Balaban J connectivity index is 1.19. The van der Waals surface area contributed by atoms with Crippen molar-refractivity contribution in [3.8, 4) is 11.1 Å². The Bertz CT molecular complexity index is 1710. The number of anilines is 2. The lowest BCUT2D eigenvalue weighted by molar-refractivity contribution is -0.125. The van der Waals surface area contributed by atoms with Gasteiger partial charge in [0.05, 0.1) is 11.4 Å². The van der Waals surface area contributed by atoms with Gasteiger partial charge in [-0.2, -0.15) is 0 Å². The second-order valence-electron chi connectivity index (χ2n) is 11.1. The van der Waals surface area contributed by atoms with Gasteiger partial charge in [-0.15, -0.1) is 0 Å². The number of aliphatic imine (C=N–C) groups is 1. The topological polar surface area (TPSA) is 135 Å². The predicted molar refractivity (Wildman–Crippen MR) is 168 cm³/mol. The lowest BCUT2D eigenvalue weighted by Gasteiger charge is -2.16. The first-order valence-corrected chi connectivity index (χ1v) is 14.5. The first kappa shape index (κ1) is 28.2. The van der Waals surface area contributed by atoms with E-state index in [4.69, 9.17) is 5.73 Å². The molecule has 0 spiro atoms. The fourth-order valence-corrected chi connectivity index (χ4v) is 5.60. The monoisotopic (exact) mass is 577 g/mol. The highest BCUT2D eigenvalue weighted by molar-refractivity contribution is 6.05. The molecule has 1 atom stereocenters. The van der Waals surface area contributed by atoms with Crippen LogP contribution in [0.4, 0.5) is 11.6 Å². The lowest BCUT2D eigenvalue weighted by Crippen LogP contribution is -2.28. The van der Waals surface area contributed by atoms with Crippen molar-refractivity contribution in [2.45, 2.75) is 31.3 Å². The number of hydrogen-bond acceptors (Lipinski definition) is 8. The molecule has 0 bridgehead atoms. The Morgan fingerprint density at radius 3 is 2.72 bits per heavy atom. The molecule has 2 aliphatic rings. The Hall–Kier alpha value is -4.90. The minimum Gasteiger partial charge on any atom is -0.383 e. The number of nitrogens with zero attached hydrogens (tertiary/aromatic N) is 7. The van der Waals surface area contributed by atoms with Crippen molar-refractivity contribution in [2.75, 3.05) is 44.8 Å². The lowest BCUT2D eigenvalue weighted by atomic mass is 10.0. The van der Waals surface area contributed by atoms with E-state index >= 15 is 0 Å². The fourth-order valence-electron chi connectivity index (χ4n) is 5.60. The first-order valence-electron chi connectivity index (χ1n) is 14.5. The third-order valence-electron chi connectivity index (χ3n) is 8.09. The Kier molecular flexibility index (Phi) is 7.97. The molecule has 1 saturated heterocycles. The maximum absolute atomic E-state index is 12.9. The molecule has 3 N–H and O–H groups in total. The molecule has 4 aromatic rings.